The quantitative estimate of drug-likeness (QED) is 0.697. The fourth-order valence-corrected chi connectivity index (χ4v) is 3.28. The number of hydrogen-bond donors (Lipinski definition) is 2. The van der Waals surface area contributed by atoms with Crippen molar-refractivity contribution in [2.24, 2.45) is 0 Å². The molecule has 29 heavy (non-hydrogen) atoms. The lowest BCUT2D eigenvalue weighted by atomic mass is 10.1. The first kappa shape index (κ1) is 18.9. The minimum absolute atomic E-state index is 0.0636. The number of nitrogens with zero attached hydrogens (tertiary/aromatic N) is 6. The SMILES string of the molecule is CN1CCCN(C(=O)c2ccc(Nc3nc(N)n(-c4ccccn4)n3)cc2)CC1. The molecule has 0 atom stereocenters. The lowest BCUT2D eigenvalue weighted by molar-refractivity contribution is 0.0763. The van der Waals surface area contributed by atoms with E-state index >= 15 is 0 Å². The summed E-state index contributed by atoms with van der Waals surface area (Å²) in [5, 5.41) is 7.46. The predicted molar refractivity (Wildman–Crippen MR) is 111 cm³/mol. The molecule has 2 aromatic heterocycles. The van der Waals surface area contributed by atoms with Gasteiger partial charge in [-0.05, 0) is 56.4 Å². The van der Waals surface area contributed by atoms with Gasteiger partial charge in [0.05, 0.1) is 0 Å². The predicted octanol–water partition coefficient (Wildman–Crippen LogP) is 1.77. The van der Waals surface area contributed by atoms with Crippen LogP contribution in [0.5, 0.6) is 0 Å². The van der Waals surface area contributed by atoms with Crippen molar-refractivity contribution in [1.82, 2.24) is 29.5 Å². The van der Waals surface area contributed by atoms with E-state index in [0.29, 0.717) is 17.3 Å². The number of hydrogen-bond acceptors (Lipinski definition) is 7. The van der Waals surface area contributed by atoms with E-state index in [1.807, 2.05) is 41.3 Å². The molecule has 0 bridgehead atoms. The number of nitrogens with two attached hydrogens (primary N) is 1. The summed E-state index contributed by atoms with van der Waals surface area (Å²) in [7, 11) is 2.09. The van der Waals surface area contributed by atoms with Crippen molar-refractivity contribution in [1.29, 1.82) is 0 Å². The van der Waals surface area contributed by atoms with Gasteiger partial charge in [-0.2, -0.15) is 9.67 Å². The zero-order valence-corrected chi connectivity index (χ0v) is 16.3. The Balaban J connectivity index is 1.44. The van der Waals surface area contributed by atoms with Gasteiger partial charge in [-0.1, -0.05) is 6.07 Å². The van der Waals surface area contributed by atoms with Crippen LogP contribution in [0, 0.1) is 0 Å². The van der Waals surface area contributed by atoms with Gasteiger partial charge in [0.25, 0.3) is 5.91 Å². The minimum Gasteiger partial charge on any atom is -0.368 e. The Morgan fingerprint density at radius 3 is 2.66 bits per heavy atom. The molecule has 0 aliphatic carbocycles. The zero-order valence-electron chi connectivity index (χ0n) is 16.3. The average molecular weight is 392 g/mol. The minimum atomic E-state index is 0.0636. The second-order valence-electron chi connectivity index (χ2n) is 7.04. The first-order chi connectivity index (χ1) is 14.1. The van der Waals surface area contributed by atoms with Crippen LogP contribution in [0.3, 0.4) is 0 Å². The molecule has 9 nitrogen and oxygen atoms in total. The number of aromatic nitrogens is 4. The van der Waals surface area contributed by atoms with Gasteiger partial charge in [-0.15, -0.1) is 5.10 Å². The number of amides is 1. The number of carbonyl (C=O) groups excluding carboxylic acids is 1. The molecule has 1 aromatic carbocycles. The second kappa shape index (κ2) is 8.27. The molecule has 1 fully saturated rings. The average Bonchev–Trinajstić information content (AvgIpc) is 2.96. The summed E-state index contributed by atoms with van der Waals surface area (Å²) < 4.78 is 1.47. The monoisotopic (exact) mass is 392 g/mol. The van der Waals surface area contributed by atoms with Crippen molar-refractivity contribution in [3.63, 3.8) is 0 Å². The van der Waals surface area contributed by atoms with Crippen molar-refractivity contribution >= 4 is 23.5 Å². The first-order valence-electron chi connectivity index (χ1n) is 9.59. The van der Waals surface area contributed by atoms with E-state index in [-0.39, 0.29) is 11.9 Å². The fourth-order valence-electron chi connectivity index (χ4n) is 3.28. The molecule has 150 valence electrons. The Kier molecular flexibility index (Phi) is 5.39. The maximum atomic E-state index is 12.8. The molecule has 1 saturated heterocycles. The number of carbonyl (C=O) groups is 1. The van der Waals surface area contributed by atoms with Crippen LogP contribution < -0.4 is 11.1 Å². The Morgan fingerprint density at radius 1 is 1.07 bits per heavy atom. The number of anilines is 3. The van der Waals surface area contributed by atoms with Gasteiger partial charge in [0.15, 0.2) is 5.82 Å². The standard InChI is InChI=1S/C20H24N8O/c1-26-11-4-12-27(14-13-26)18(29)15-6-8-16(9-7-15)23-20-24-19(21)28(25-20)17-5-2-3-10-22-17/h2-3,5-10H,4,11-14H2,1H3,(H3,21,23,24,25). The molecule has 1 aliphatic rings. The van der Waals surface area contributed by atoms with Crippen molar-refractivity contribution in [2.75, 3.05) is 44.3 Å². The topological polar surface area (TPSA) is 105 Å². The number of benzene rings is 1. The molecule has 0 radical (unpaired) electrons. The highest BCUT2D eigenvalue weighted by atomic mass is 16.2. The molecular weight excluding hydrogens is 368 g/mol. The second-order valence-corrected chi connectivity index (χ2v) is 7.04. The van der Waals surface area contributed by atoms with Crippen molar-refractivity contribution < 1.29 is 4.79 Å². The first-order valence-corrected chi connectivity index (χ1v) is 9.59. The van der Waals surface area contributed by atoms with Gasteiger partial charge in [0, 0.05) is 37.1 Å². The zero-order chi connectivity index (χ0) is 20.2. The molecule has 0 saturated carbocycles. The van der Waals surface area contributed by atoms with E-state index in [0.717, 1.165) is 38.3 Å². The molecule has 3 aromatic rings. The summed E-state index contributed by atoms with van der Waals surface area (Å²) in [6.45, 7) is 3.46. The summed E-state index contributed by atoms with van der Waals surface area (Å²) in [5.74, 6) is 1.26. The fraction of sp³-hybridized carbons (Fsp3) is 0.300. The third kappa shape index (κ3) is 4.35. The summed E-state index contributed by atoms with van der Waals surface area (Å²) in [6, 6.07) is 12.8. The van der Waals surface area contributed by atoms with Gasteiger partial charge < -0.3 is 20.9 Å². The van der Waals surface area contributed by atoms with E-state index < -0.39 is 0 Å². The van der Waals surface area contributed by atoms with Gasteiger partial charge in [-0.25, -0.2) is 4.98 Å². The van der Waals surface area contributed by atoms with Crippen molar-refractivity contribution in [2.45, 2.75) is 6.42 Å². The summed E-state index contributed by atoms with van der Waals surface area (Å²) >= 11 is 0. The number of nitrogen functional groups attached to an aromatic ring is 1. The summed E-state index contributed by atoms with van der Waals surface area (Å²) in [6.07, 6.45) is 2.66. The molecule has 0 unspecified atom stereocenters. The lowest BCUT2D eigenvalue weighted by Gasteiger charge is -2.20. The van der Waals surface area contributed by atoms with Crippen LogP contribution in [0.25, 0.3) is 5.82 Å². The van der Waals surface area contributed by atoms with Crippen molar-refractivity contribution in [3.05, 3.63) is 54.2 Å². The molecule has 0 spiro atoms. The summed E-state index contributed by atoms with van der Waals surface area (Å²) in [5.41, 5.74) is 7.40. The maximum Gasteiger partial charge on any atom is 0.253 e. The molecule has 9 heteroatoms. The number of likely N-dealkylation sites (N-methyl/N-ethyl adjacent to an activating group) is 1. The number of nitrogens with one attached hydrogen (secondary N) is 1. The van der Waals surface area contributed by atoms with Crippen LogP contribution in [0.2, 0.25) is 0 Å². The molecule has 1 aliphatic heterocycles. The maximum absolute atomic E-state index is 12.8. The largest absolute Gasteiger partial charge is 0.368 e. The molecule has 4 rings (SSSR count). The third-order valence-corrected chi connectivity index (χ3v) is 4.89. The highest BCUT2D eigenvalue weighted by molar-refractivity contribution is 5.94. The number of pyridine rings is 1. The molecular formula is C20H24N8O. The molecule has 1 amide bonds. The normalized spacial score (nSPS) is 15.1. The highest BCUT2D eigenvalue weighted by Gasteiger charge is 2.19. The van der Waals surface area contributed by atoms with E-state index in [2.05, 4.69) is 32.3 Å². The van der Waals surface area contributed by atoms with Crippen LogP contribution in [-0.4, -0.2) is 68.7 Å². The number of rotatable bonds is 4. The molecule has 3 heterocycles. The van der Waals surface area contributed by atoms with E-state index in [4.69, 9.17) is 5.73 Å². The van der Waals surface area contributed by atoms with Gasteiger partial charge in [0.2, 0.25) is 11.9 Å². The Hall–Kier alpha value is -3.46. The molecule has 3 N–H and O–H groups in total. The van der Waals surface area contributed by atoms with Gasteiger partial charge in [-0.3, -0.25) is 4.79 Å². The third-order valence-electron chi connectivity index (χ3n) is 4.89. The Morgan fingerprint density at radius 2 is 1.90 bits per heavy atom. The van der Waals surface area contributed by atoms with Crippen LogP contribution in [0.1, 0.15) is 16.8 Å². The van der Waals surface area contributed by atoms with Crippen LogP contribution in [0.15, 0.2) is 48.7 Å². The van der Waals surface area contributed by atoms with Gasteiger partial charge in [0.1, 0.15) is 0 Å². The smallest absolute Gasteiger partial charge is 0.253 e. The summed E-state index contributed by atoms with van der Waals surface area (Å²) in [4.78, 5) is 25.4. The van der Waals surface area contributed by atoms with Gasteiger partial charge >= 0.3 is 0 Å². The lowest BCUT2D eigenvalue weighted by Crippen LogP contribution is -2.34. The van der Waals surface area contributed by atoms with E-state index in [1.54, 1.807) is 12.3 Å². The van der Waals surface area contributed by atoms with Crippen LogP contribution in [-0.2, 0) is 0 Å². The Bertz CT molecular complexity index is 970. The Labute approximate surface area is 169 Å². The highest BCUT2D eigenvalue weighted by Crippen LogP contribution is 2.18. The van der Waals surface area contributed by atoms with Crippen LogP contribution in [0.4, 0.5) is 17.6 Å². The van der Waals surface area contributed by atoms with E-state index in [9.17, 15) is 4.79 Å². The van der Waals surface area contributed by atoms with E-state index in [1.165, 1.54) is 4.68 Å². The van der Waals surface area contributed by atoms with Crippen LogP contribution >= 0.6 is 0 Å². The van der Waals surface area contributed by atoms with Crippen molar-refractivity contribution in [3.8, 4) is 5.82 Å².